The van der Waals surface area contributed by atoms with E-state index in [1.165, 1.54) is 4.31 Å². The van der Waals surface area contributed by atoms with E-state index < -0.39 is 15.3 Å². The third kappa shape index (κ3) is 3.18. The Morgan fingerprint density at radius 3 is 2.25 bits per heavy atom. The smallest absolute Gasteiger partial charge is 0.216 e. The number of hydrogen-bond acceptors (Lipinski definition) is 3. The first-order valence-electron chi connectivity index (χ1n) is 6.05. The lowest BCUT2D eigenvalue weighted by Gasteiger charge is -2.30. The molecule has 0 radical (unpaired) electrons. The highest BCUT2D eigenvalue weighted by Crippen LogP contribution is 2.32. The first-order valence-corrected chi connectivity index (χ1v) is 7.55. The molecular weight excluding hydrogens is 226 g/mol. The maximum absolute atomic E-state index is 12.2. The predicted octanol–water partition coefficient (Wildman–Crippen LogP) is 1.21. The Morgan fingerprint density at radius 2 is 1.94 bits per heavy atom. The van der Waals surface area contributed by atoms with Crippen LogP contribution in [0.5, 0.6) is 0 Å². The van der Waals surface area contributed by atoms with Crippen LogP contribution in [0.25, 0.3) is 0 Å². The van der Waals surface area contributed by atoms with Gasteiger partial charge in [0.2, 0.25) is 10.0 Å². The molecule has 4 nitrogen and oxygen atoms in total. The lowest BCUT2D eigenvalue weighted by atomic mass is 10.2. The summed E-state index contributed by atoms with van der Waals surface area (Å²) in [6.07, 6.45) is 2.90. The van der Waals surface area contributed by atoms with Crippen molar-refractivity contribution in [2.24, 2.45) is 5.92 Å². The van der Waals surface area contributed by atoms with E-state index in [2.05, 4.69) is 0 Å². The number of aliphatic hydroxyl groups excluding tert-OH is 1. The molecule has 0 unspecified atom stereocenters. The molecule has 0 spiro atoms. The fourth-order valence-corrected chi connectivity index (χ4v) is 3.30. The van der Waals surface area contributed by atoms with Gasteiger partial charge in [-0.05, 0) is 39.0 Å². The second-order valence-electron chi connectivity index (χ2n) is 4.85. The standard InChI is InChI=1S/C11H23NO3S/c1-4-11(8-13)12(7-10-5-6-10)16(14,15)9(2)3/h9-11,13H,4-8H2,1-3H3/t11-/m0/s1. The van der Waals surface area contributed by atoms with Gasteiger partial charge < -0.3 is 5.11 Å². The summed E-state index contributed by atoms with van der Waals surface area (Å²) in [6.45, 7) is 5.80. The van der Waals surface area contributed by atoms with Gasteiger partial charge in [-0.1, -0.05) is 6.92 Å². The van der Waals surface area contributed by atoms with Crippen LogP contribution in [-0.4, -0.2) is 42.3 Å². The van der Waals surface area contributed by atoms with Gasteiger partial charge in [-0.25, -0.2) is 8.42 Å². The number of nitrogens with zero attached hydrogens (tertiary/aromatic N) is 1. The molecule has 16 heavy (non-hydrogen) atoms. The Morgan fingerprint density at radius 1 is 1.38 bits per heavy atom. The van der Waals surface area contributed by atoms with E-state index in [0.717, 1.165) is 12.8 Å². The summed E-state index contributed by atoms with van der Waals surface area (Å²) >= 11 is 0. The zero-order chi connectivity index (χ0) is 12.3. The van der Waals surface area contributed by atoms with Gasteiger partial charge in [-0.3, -0.25) is 0 Å². The van der Waals surface area contributed by atoms with Crippen molar-refractivity contribution in [3.05, 3.63) is 0 Å². The van der Waals surface area contributed by atoms with E-state index in [4.69, 9.17) is 0 Å². The third-order valence-corrected chi connectivity index (χ3v) is 5.44. The van der Waals surface area contributed by atoms with E-state index in [9.17, 15) is 13.5 Å². The summed E-state index contributed by atoms with van der Waals surface area (Å²) in [5.41, 5.74) is 0. The van der Waals surface area contributed by atoms with Gasteiger partial charge in [-0.15, -0.1) is 0 Å². The number of hydrogen-bond donors (Lipinski definition) is 1. The molecule has 96 valence electrons. The molecule has 0 saturated heterocycles. The van der Waals surface area contributed by atoms with E-state index in [0.29, 0.717) is 18.9 Å². The van der Waals surface area contributed by atoms with E-state index in [-0.39, 0.29) is 12.6 Å². The molecule has 0 bridgehead atoms. The van der Waals surface area contributed by atoms with Gasteiger partial charge in [0.25, 0.3) is 0 Å². The SMILES string of the molecule is CC[C@@H](CO)N(CC1CC1)S(=O)(=O)C(C)C. The van der Waals surface area contributed by atoms with Gasteiger partial charge in [0, 0.05) is 12.6 Å². The first kappa shape index (κ1) is 13.9. The second kappa shape index (κ2) is 5.47. The molecule has 0 amide bonds. The summed E-state index contributed by atoms with van der Waals surface area (Å²) < 4.78 is 25.9. The highest BCUT2D eigenvalue weighted by molar-refractivity contribution is 7.89. The minimum absolute atomic E-state index is 0.0881. The molecule has 0 aromatic rings. The molecule has 1 atom stereocenters. The fraction of sp³-hybridized carbons (Fsp3) is 1.00. The molecule has 1 N–H and O–H groups in total. The highest BCUT2D eigenvalue weighted by Gasteiger charge is 2.35. The molecule has 0 heterocycles. The van der Waals surface area contributed by atoms with Gasteiger partial charge >= 0.3 is 0 Å². The normalized spacial score (nSPS) is 19.4. The molecule has 1 fully saturated rings. The summed E-state index contributed by atoms with van der Waals surface area (Å²) in [7, 11) is -3.24. The molecule has 1 rings (SSSR count). The average Bonchev–Trinajstić information content (AvgIpc) is 3.01. The van der Waals surface area contributed by atoms with Crippen molar-refractivity contribution in [3.63, 3.8) is 0 Å². The van der Waals surface area contributed by atoms with Gasteiger partial charge in [0.1, 0.15) is 0 Å². The number of aliphatic hydroxyl groups is 1. The van der Waals surface area contributed by atoms with Crippen molar-refractivity contribution in [3.8, 4) is 0 Å². The van der Waals surface area contributed by atoms with Gasteiger partial charge in [0.15, 0.2) is 0 Å². The van der Waals surface area contributed by atoms with E-state index in [1.807, 2.05) is 6.92 Å². The van der Waals surface area contributed by atoms with Crippen LogP contribution in [0.2, 0.25) is 0 Å². The minimum Gasteiger partial charge on any atom is -0.395 e. The zero-order valence-corrected chi connectivity index (χ0v) is 11.2. The number of rotatable bonds is 7. The van der Waals surface area contributed by atoms with Crippen molar-refractivity contribution in [2.75, 3.05) is 13.2 Å². The van der Waals surface area contributed by atoms with Crippen LogP contribution in [0, 0.1) is 5.92 Å². The Bertz CT molecular complexity index is 305. The molecule has 1 aliphatic rings. The second-order valence-corrected chi connectivity index (χ2v) is 7.29. The highest BCUT2D eigenvalue weighted by atomic mass is 32.2. The van der Waals surface area contributed by atoms with Crippen molar-refractivity contribution in [1.29, 1.82) is 0 Å². The Labute approximate surface area is 98.7 Å². The van der Waals surface area contributed by atoms with Crippen molar-refractivity contribution >= 4 is 10.0 Å². The zero-order valence-electron chi connectivity index (χ0n) is 10.4. The van der Waals surface area contributed by atoms with Crippen molar-refractivity contribution in [1.82, 2.24) is 4.31 Å². The molecule has 1 aliphatic carbocycles. The lowest BCUT2D eigenvalue weighted by molar-refractivity contribution is 0.179. The summed E-state index contributed by atoms with van der Waals surface area (Å²) in [5, 5.41) is 8.86. The maximum Gasteiger partial charge on any atom is 0.216 e. The number of sulfonamides is 1. The summed E-state index contributed by atoms with van der Waals surface area (Å²) in [5.74, 6) is 0.508. The third-order valence-electron chi connectivity index (χ3n) is 3.15. The molecule has 0 aromatic heterocycles. The predicted molar refractivity (Wildman–Crippen MR) is 64.7 cm³/mol. The van der Waals surface area contributed by atoms with Crippen LogP contribution in [0.4, 0.5) is 0 Å². The maximum atomic E-state index is 12.2. The van der Waals surface area contributed by atoms with Crippen LogP contribution in [0.1, 0.15) is 40.0 Å². The Hall–Kier alpha value is -0.130. The first-order chi connectivity index (χ1) is 7.43. The molecule has 5 heteroatoms. The molecule has 0 aliphatic heterocycles. The average molecular weight is 249 g/mol. The topological polar surface area (TPSA) is 57.6 Å². The van der Waals surface area contributed by atoms with E-state index in [1.54, 1.807) is 13.8 Å². The fourth-order valence-electron chi connectivity index (χ4n) is 1.71. The lowest BCUT2D eigenvalue weighted by Crippen LogP contribution is -2.46. The molecule has 0 aromatic carbocycles. The minimum atomic E-state index is -3.24. The summed E-state index contributed by atoms with van der Waals surface area (Å²) in [6, 6.07) is -0.256. The van der Waals surface area contributed by atoms with Crippen LogP contribution < -0.4 is 0 Å². The molecular formula is C11H23NO3S. The van der Waals surface area contributed by atoms with Crippen LogP contribution in [0.3, 0.4) is 0 Å². The summed E-state index contributed by atoms with van der Waals surface area (Å²) in [4.78, 5) is 0. The van der Waals surface area contributed by atoms with Crippen molar-refractivity contribution in [2.45, 2.75) is 51.3 Å². The van der Waals surface area contributed by atoms with Gasteiger partial charge in [0.05, 0.1) is 11.9 Å². The van der Waals surface area contributed by atoms with E-state index >= 15 is 0 Å². The quantitative estimate of drug-likeness (QED) is 0.738. The monoisotopic (exact) mass is 249 g/mol. The Balaban J connectivity index is 2.84. The van der Waals surface area contributed by atoms with Gasteiger partial charge in [-0.2, -0.15) is 4.31 Å². The van der Waals surface area contributed by atoms with Crippen LogP contribution in [0.15, 0.2) is 0 Å². The molecule has 1 saturated carbocycles. The van der Waals surface area contributed by atoms with Crippen molar-refractivity contribution < 1.29 is 13.5 Å². The van der Waals surface area contributed by atoms with Crippen LogP contribution >= 0.6 is 0 Å². The Kier molecular flexibility index (Phi) is 4.76. The largest absolute Gasteiger partial charge is 0.395 e. The van der Waals surface area contributed by atoms with Crippen LogP contribution in [-0.2, 0) is 10.0 Å².